The minimum atomic E-state index is -1.26. The molecule has 10 nitrogen and oxygen atoms in total. The Hall–Kier alpha value is -4.31. The van der Waals surface area contributed by atoms with Crippen LogP contribution in [0.25, 0.3) is 11.3 Å². The van der Waals surface area contributed by atoms with E-state index < -0.39 is 11.9 Å². The summed E-state index contributed by atoms with van der Waals surface area (Å²) in [4.78, 5) is 45.6. The molecule has 0 amide bonds. The van der Waals surface area contributed by atoms with E-state index in [1.54, 1.807) is 23.0 Å². The lowest BCUT2D eigenvalue weighted by Gasteiger charge is -2.34. The van der Waals surface area contributed by atoms with Gasteiger partial charge in [-0.05, 0) is 62.0 Å². The van der Waals surface area contributed by atoms with Crippen molar-refractivity contribution in [1.82, 2.24) is 19.4 Å². The van der Waals surface area contributed by atoms with E-state index in [0.29, 0.717) is 23.8 Å². The predicted octanol–water partition coefficient (Wildman–Crippen LogP) is 3.53. The van der Waals surface area contributed by atoms with Crippen LogP contribution in [0.4, 0.5) is 5.95 Å². The fourth-order valence-corrected chi connectivity index (χ4v) is 5.15. The molecule has 210 valence electrons. The molecule has 2 aliphatic heterocycles. The summed E-state index contributed by atoms with van der Waals surface area (Å²) in [7, 11) is 1.82. The van der Waals surface area contributed by atoms with Gasteiger partial charge >= 0.3 is 11.9 Å². The number of piperidine rings is 1. The summed E-state index contributed by atoms with van der Waals surface area (Å²) in [6.07, 6.45) is 9.50. The minimum Gasteiger partial charge on any atom is -0.478 e. The monoisotopic (exact) mass is 545 g/mol. The molecule has 0 radical (unpaired) electrons. The zero-order valence-electron chi connectivity index (χ0n) is 22.6. The Morgan fingerprint density at radius 1 is 0.950 bits per heavy atom. The van der Waals surface area contributed by atoms with Crippen LogP contribution in [-0.4, -0.2) is 67.8 Å². The average molecular weight is 546 g/mol. The highest BCUT2D eigenvalue weighted by Gasteiger charge is 2.24. The van der Waals surface area contributed by atoms with Crippen LogP contribution in [0, 0.1) is 0 Å². The normalized spacial score (nSPS) is 17.4. The molecule has 4 heterocycles. The van der Waals surface area contributed by atoms with Crippen molar-refractivity contribution in [2.45, 2.75) is 38.1 Å². The fraction of sp³-hybridized carbons (Fsp3) is 0.367. The first-order valence-electron chi connectivity index (χ1n) is 13.5. The van der Waals surface area contributed by atoms with Crippen LogP contribution in [0.1, 0.15) is 42.7 Å². The Morgan fingerprint density at radius 2 is 1.60 bits per heavy atom. The molecule has 5 rings (SSSR count). The van der Waals surface area contributed by atoms with Crippen molar-refractivity contribution < 1.29 is 19.8 Å². The van der Waals surface area contributed by atoms with E-state index in [-0.39, 0.29) is 5.56 Å². The van der Waals surface area contributed by atoms with Gasteiger partial charge in [0, 0.05) is 68.8 Å². The number of benzene rings is 1. The van der Waals surface area contributed by atoms with E-state index in [2.05, 4.69) is 39.0 Å². The zero-order valence-corrected chi connectivity index (χ0v) is 22.6. The number of rotatable bonds is 7. The zero-order chi connectivity index (χ0) is 28.5. The SMILES string of the molecule is Cn1c(N2CCCC(c3ccc(CN4CCCC4)cc3)C2)nc(-c2ccncc2)cc1=O.O=C(O)C=CC(=O)O. The van der Waals surface area contributed by atoms with E-state index in [0.717, 1.165) is 37.6 Å². The van der Waals surface area contributed by atoms with Gasteiger partial charge in [-0.3, -0.25) is 19.2 Å². The number of hydrogen-bond acceptors (Lipinski definition) is 7. The first-order valence-corrected chi connectivity index (χ1v) is 13.5. The van der Waals surface area contributed by atoms with Gasteiger partial charge in [0.25, 0.3) is 5.56 Å². The molecule has 2 fully saturated rings. The third kappa shape index (κ3) is 7.86. The van der Waals surface area contributed by atoms with Gasteiger partial charge in [0.15, 0.2) is 0 Å². The van der Waals surface area contributed by atoms with Crippen molar-refractivity contribution in [1.29, 1.82) is 0 Å². The average Bonchev–Trinajstić information content (AvgIpc) is 3.48. The molecule has 2 N–H and O–H groups in total. The van der Waals surface area contributed by atoms with Gasteiger partial charge in [-0.1, -0.05) is 24.3 Å². The third-order valence-corrected chi connectivity index (χ3v) is 7.22. The molecule has 1 unspecified atom stereocenters. The highest BCUT2D eigenvalue weighted by molar-refractivity contribution is 5.89. The number of carboxylic acids is 2. The summed E-state index contributed by atoms with van der Waals surface area (Å²) in [6, 6.07) is 14.6. The number of hydrogen-bond donors (Lipinski definition) is 2. The molecule has 2 saturated heterocycles. The molecular formula is C30H35N5O5. The van der Waals surface area contributed by atoms with Gasteiger partial charge in [0.1, 0.15) is 0 Å². The first-order chi connectivity index (χ1) is 19.3. The van der Waals surface area contributed by atoms with Gasteiger partial charge in [0.2, 0.25) is 5.95 Å². The molecule has 1 aromatic carbocycles. The van der Waals surface area contributed by atoms with Crippen molar-refractivity contribution in [3.05, 3.63) is 88.5 Å². The Balaban J connectivity index is 0.000000406. The van der Waals surface area contributed by atoms with Crippen molar-refractivity contribution >= 4 is 17.9 Å². The number of likely N-dealkylation sites (tertiary alicyclic amines) is 1. The lowest BCUT2D eigenvalue weighted by Crippen LogP contribution is -2.38. The Morgan fingerprint density at radius 3 is 2.23 bits per heavy atom. The van der Waals surface area contributed by atoms with Gasteiger partial charge in [-0.2, -0.15) is 0 Å². The molecule has 0 spiro atoms. The van der Waals surface area contributed by atoms with Gasteiger partial charge in [-0.15, -0.1) is 0 Å². The molecule has 0 saturated carbocycles. The van der Waals surface area contributed by atoms with Gasteiger partial charge < -0.3 is 15.1 Å². The van der Waals surface area contributed by atoms with E-state index in [1.807, 2.05) is 19.2 Å². The number of pyridine rings is 1. The number of anilines is 1. The van der Waals surface area contributed by atoms with Crippen LogP contribution in [0.5, 0.6) is 0 Å². The summed E-state index contributed by atoms with van der Waals surface area (Å²) >= 11 is 0. The third-order valence-electron chi connectivity index (χ3n) is 7.22. The molecule has 2 aliphatic rings. The minimum absolute atomic E-state index is 0.0322. The fourth-order valence-electron chi connectivity index (χ4n) is 5.15. The quantitative estimate of drug-likeness (QED) is 0.428. The first kappa shape index (κ1) is 28.7. The van der Waals surface area contributed by atoms with E-state index in [4.69, 9.17) is 15.2 Å². The van der Waals surface area contributed by atoms with Crippen molar-refractivity contribution in [2.75, 3.05) is 31.1 Å². The van der Waals surface area contributed by atoms with E-state index in [1.165, 1.54) is 43.5 Å². The molecule has 10 heteroatoms. The van der Waals surface area contributed by atoms with Crippen LogP contribution in [-0.2, 0) is 23.2 Å². The second kappa shape index (κ2) is 13.7. The number of carbonyl (C=O) groups is 2. The standard InChI is InChI=1S/C26H31N5O.C4H4O4/c1-29-25(32)17-24(22-10-12-27-13-11-22)28-26(29)31-16-4-5-23(19-31)21-8-6-20(7-9-21)18-30-14-2-3-15-30;5-3(6)1-2-4(7)8/h6-13,17,23H,2-5,14-16,18-19H2,1H3;1-2H,(H,5,6)(H,7,8). The highest BCUT2D eigenvalue weighted by atomic mass is 16.4. The molecule has 0 aliphatic carbocycles. The number of aromatic nitrogens is 3. The molecule has 1 atom stereocenters. The Kier molecular flexibility index (Phi) is 9.80. The molecular weight excluding hydrogens is 510 g/mol. The van der Waals surface area contributed by atoms with Gasteiger partial charge in [-0.25, -0.2) is 14.6 Å². The van der Waals surface area contributed by atoms with Crippen molar-refractivity contribution in [3.63, 3.8) is 0 Å². The summed E-state index contributed by atoms with van der Waals surface area (Å²) < 4.78 is 1.67. The maximum Gasteiger partial charge on any atom is 0.328 e. The number of aliphatic carboxylic acids is 2. The lowest BCUT2D eigenvalue weighted by atomic mass is 9.90. The van der Waals surface area contributed by atoms with Crippen LogP contribution < -0.4 is 10.5 Å². The highest BCUT2D eigenvalue weighted by Crippen LogP contribution is 2.30. The van der Waals surface area contributed by atoms with Crippen molar-refractivity contribution in [3.8, 4) is 11.3 Å². The molecule has 2 aromatic heterocycles. The van der Waals surface area contributed by atoms with Crippen LogP contribution in [0.2, 0.25) is 0 Å². The number of nitrogens with zero attached hydrogens (tertiary/aromatic N) is 5. The van der Waals surface area contributed by atoms with Crippen LogP contribution >= 0.6 is 0 Å². The smallest absolute Gasteiger partial charge is 0.328 e. The largest absolute Gasteiger partial charge is 0.478 e. The predicted molar refractivity (Wildman–Crippen MR) is 152 cm³/mol. The molecule has 40 heavy (non-hydrogen) atoms. The molecule has 3 aromatic rings. The molecule has 0 bridgehead atoms. The summed E-state index contributed by atoms with van der Waals surface area (Å²) in [5, 5.41) is 15.6. The summed E-state index contributed by atoms with van der Waals surface area (Å²) in [6.45, 7) is 5.31. The van der Waals surface area contributed by atoms with Gasteiger partial charge in [0.05, 0.1) is 5.69 Å². The Labute approximate surface area is 233 Å². The van der Waals surface area contributed by atoms with Crippen molar-refractivity contribution in [2.24, 2.45) is 7.05 Å². The van der Waals surface area contributed by atoms with Crippen LogP contribution in [0.15, 0.2) is 71.8 Å². The topological polar surface area (TPSA) is 129 Å². The maximum atomic E-state index is 12.7. The second-order valence-corrected chi connectivity index (χ2v) is 10.1. The van der Waals surface area contributed by atoms with E-state index >= 15 is 0 Å². The van der Waals surface area contributed by atoms with E-state index in [9.17, 15) is 14.4 Å². The van der Waals surface area contributed by atoms with Crippen LogP contribution in [0.3, 0.4) is 0 Å². The lowest BCUT2D eigenvalue weighted by molar-refractivity contribution is -0.134. The Bertz CT molecular complexity index is 1370. The number of carboxylic acid groups (broad SMARTS) is 2. The summed E-state index contributed by atoms with van der Waals surface area (Å²) in [5.74, 6) is -1.31. The second-order valence-electron chi connectivity index (χ2n) is 10.1. The summed E-state index contributed by atoms with van der Waals surface area (Å²) in [5.41, 5.74) is 4.38. The maximum absolute atomic E-state index is 12.7.